The lowest BCUT2D eigenvalue weighted by atomic mass is 9.77. The Hall–Kier alpha value is -1.55. The van der Waals surface area contributed by atoms with Gasteiger partial charge in [-0.2, -0.15) is 0 Å². The average molecular weight is 318 g/mol. The molecule has 0 saturated heterocycles. The van der Waals surface area contributed by atoms with Crippen LogP contribution in [-0.4, -0.2) is 52.7 Å². The number of rotatable bonds is 3. The predicted octanol–water partition coefficient (Wildman–Crippen LogP) is 4.03. The zero-order valence-electron chi connectivity index (χ0n) is 15.0. The Balaban J connectivity index is 2.25. The Morgan fingerprint density at radius 1 is 1.09 bits per heavy atom. The van der Waals surface area contributed by atoms with Gasteiger partial charge in [0.1, 0.15) is 0 Å². The molecule has 3 atom stereocenters. The highest BCUT2D eigenvalue weighted by molar-refractivity contribution is 5.66. The normalized spacial score (nSPS) is 25.4. The molecule has 2 rings (SSSR count). The fourth-order valence-electron chi connectivity index (χ4n) is 3.94. The first-order valence-electron chi connectivity index (χ1n) is 8.45. The maximum atomic E-state index is 11.9. The summed E-state index contributed by atoms with van der Waals surface area (Å²) in [6.07, 6.45) is 2.14. The number of carbonyl (C=O) groups is 1. The van der Waals surface area contributed by atoms with Gasteiger partial charge >= 0.3 is 6.09 Å². The summed E-state index contributed by atoms with van der Waals surface area (Å²) in [5.74, 6) is 0.510. The van der Waals surface area contributed by atoms with Crippen LogP contribution in [0.3, 0.4) is 0 Å². The van der Waals surface area contributed by atoms with Crippen molar-refractivity contribution in [1.29, 1.82) is 0 Å². The van der Waals surface area contributed by atoms with E-state index in [1.54, 1.807) is 4.90 Å². The van der Waals surface area contributed by atoms with Gasteiger partial charge in [-0.15, -0.1) is 0 Å². The molecule has 1 aliphatic rings. The van der Waals surface area contributed by atoms with E-state index in [4.69, 9.17) is 0 Å². The van der Waals surface area contributed by atoms with Gasteiger partial charge in [0, 0.05) is 11.6 Å². The summed E-state index contributed by atoms with van der Waals surface area (Å²) in [5, 5.41) is 9.75. The first-order valence-corrected chi connectivity index (χ1v) is 8.45. The van der Waals surface area contributed by atoms with Crippen molar-refractivity contribution in [2.75, 3.05) is 14.1 Å². The molecule has 1 amide bonds. The molecule has 1 N–H and O–H groups in total. The van der Waals surface area contributed by atoms with Gasteiger partial charge in [-0.3, -0.25) is 4.90 Å². The van der Waals surface area contributed by atoms with Crippen LogP contribution in [0.15, 0.2) is 30.3 Å². The maximum Gasteiger partial charge on any atom is 0.408 e. The van der Waals surface area contributed by atoms with Crippen molar-refractivity contribution in [3.63, 3.8) is 0 Å². The molecule has 0 aliphatic heterocycles. The first kappa shape index (κ1) is 17.8. The van der Waals surface area contributed by atoms with Crippen LogP contribution < -0.4 is 0 Å². The highest BCUT2D eigenvalue weighted by Crippen LogP contribution is 2.38. The van der Waals surface area contributed by atoms with E-state index in [1.807, 2.05) is 26.8 Å². The molecular formula is C19H30N2O2. The molecule has 128 valence electrons. The molecule has 1 aromatic rings. The van der Waals surface area contributed by atoms with Crippen molar-refractivity contribution in [2.45, 2.75) is 63.6 Å². The number of benzene rings is 1. The van der Waals surface area contributed by atoms with Gasteiger partial charge in [0.15, 0.2) is 0 Å². The molecule has 1 aliphatic carbocycles. The minimum atomic E-state index is -0.812. The van der Waals surface area contributed by atoms with Crippen molar-refractivity contribution in [3.8, 4) is 0 Å². The molecular weight excluding hydrogens is 288 g/mol. The highest BCUT2D eigenvalue weighted by Gasteiger charge is 2.42. The lowest BCUT2D eigenvalue weighted by Gasteiger charge is -2.48. The number of likely N-dealkylation sites (N-methyl/N-ethyl adjacent to an activating group) is 1. The van der Waals surface area contributed by atoms with Crippen LogP contribution in [0, 0.1) is 0 Å². The average Bonchev–Trinajstić information content (AvgIpc) is 2.46. The van der Waals surface area contributed by atoms with E-state index < -0.39 is 6.09 Å². The van der Waals surface area contributed by atoms with Crippen LogP contribution in [-0.2, 0) is 0 Å². The molecule has 0 heterocycles. The van der Waals surface area contributed by atoms with E-state index in [0.29, 0.717) is 5.92 Å². The van der Waals surface area contributed by atoms with Crippen molar-refractivity contribution in [1.82, 2.24) is 9.80 Å². The Morgan fingerprint density at radius 3 is 2.17 bits per heavy atom. The van der Waals surface area contributed by atoms with Gasteiger partial charge in [0.25, 0.3) is 0 Å². The van der Waals surface area contributed by atoms with Gasteiger partial charge in [-0.05, 0) is 65.6 Å². The summed E-state index contributed by atoms with van der Waals surface area (Å²) < 4.78 is 0. The Bertz CT molecular complexity index is 522. The summed E-state index contributed by atoms with van der Waals surface area (Å²) in [5.41, 5.74) is 0.986. The smallest absolute Gasteiger partial charge is 0.408 e. The summed E-state index contributed by atoms with van der Waals surface area (Å²) in [6.45, 7) is 5.95. The Labute approximate surface area is 140 Å². The molecule has 4 heteroatoms. The molecule has 0 aromatic heterocycles. The van der Waals surface area contributed by atoms with Crippen molar-refractivity contribution in [2.24, 2.45) is 0 Å². The zero-order chi connectivity index (χ0) is 17.2. The summed E-state index contributed by atoms with van der Waals surface area (Å²) >= 11 is 0. The Kier molecular flexibility index (Phi) is 5.35. The Morgan fingerprint density at radius 2 is 1.70 bits per heavy atom. The largest absolute Gasteiger partial charge is 0.465 e. The van der Waals surface area contributed by atoms with Crippen LogP contribution in [0.25, 0.3) is 0 Å². The third-order valence-corrected chi connectivity index (χ3v) is 4.98. The van der Waals surface area contributed by atoms with Crippen molar-refractivity contribution < 1.29 is 9.90 Å². The molecule has 0 unspecified atom stereocenters. The van der Waals surface area contributed by atoms with Gasteiger partial charge < -0.3 is 10.0 Å². The predicted molar refractivity (Wildman–Crippen MR) is 93.9 cm³/mol. The van der Waals surface area contributed by atoms with E-state index in [9.17, 15) is 9.90 Å². The van der Waals surface area contributed by atoms with Crippen molar-refractivity contribution in [3.05, 3.63) is 35.9 Å². The molecule has 0 bridgehead atoms. The monoisotopic (exact) mass is 318 g/mol. The van der Waals surface area contributed by atoms with Gasteiger partial charge in [0.2, 0.25) is 0 Å². The number of hydrogen-bond donors (Lipinski definition) is 1. The van der Waals surface area contributed by atoms with E-state index in [-0.39, 0.29) is 17.6 Å². The molecule has 4 nitrogen and oxygen atoms in total. The second-order valence-corrected chi connectivity index (χ2v) is 7.84. The fraction of sp³-hybridized carbons (Fsp3) is 0.632. The van der Waals surface area contributed by atoms with E-state index in [2.05, 4.69) is 43.3 Å². The van der Waals surface area contributed by atoms with Crippen LogP contribution in [0.1, 0.15) is 51.5 Å². The molecule has 1 aromatic carbocycles. The number of hydrogen-bond acceptors (Lipinski definition) is 2. The summed E-state index contributed by atoms with van der Waals surface area (Å²) in [4.78, 5) is 15.7. The summed E-state index contributed by atoms with van der Waals surface area (Å²) in [7, 11) is 4.13. The van der Waals surface area contributed by atoms with E-state index >= 15 is 0 Å². The van der Waals surface area contributed by atoms with E-state index in [0.717, 1.165) is 19.3 Å². The lowest BCUT2D eigenvalue weighted by Crippen LogP contribution is -2.59. The molecule has 0 spiro atoms. The van der Waals surface area contributed by atoms with Gasteiger partial charge in [-0.25, -0.2) is 4.79 Å². The number of carboxylic acid groups (broad SMARTS) is 1. The second-order valence-electron chi connectivity index (χ2n) is 7.84. The minimum absolute atomic E-state index is 0.0439. The van der Waals surface area contributed by atoms with Crippen molar-refractivity contribution >= 4 is 6.09 Å². The first-order chi connectivity index (χ1) is 10.7. The SMILES string of the molecule is CN(C)[C@H]1C[C@@H](c2ccccc2)CC[C@@H]1N(C(=O)O)C(C)(C)C. The van der Waals surface area contributed by atoms with Crippen LogP contribution in [0.4, 0.5) is 4.79 Å². The van der Waals surface area contributed by atoms with Crippen LogP contribution in [0.5, 0.6) is 0 Å². The lowest BCUT2D eigenvalue weighted by molar-refractivity contribution is 0.0169. The molecule has 0 radical (unpaired) electrons. The molecule has 1 fully saturated rings. The zero-order valence-corrected chi connectivity index (χ0v) is 15.0. The third kappa shape index (κ3) is 4.05. The third-order valence-electron chi connectivity index (χ3n) is 4.98. The highest BCUT2D eigenvalue weighted by atomic mass is 16.4. The topological polar surface area (TPSA) is 43.8 Å². The number of nitrogens with zero attached hydrogens (tertiary/aromatic N) is 2. The standard InChI is InChI=1S/C19H30N2O2/c1-19(2,3)21(18(22)23)16-12-11-15(13-17(16)20(4)5)14-9-7-6-8-10-14/h6-10,15-17H,11-13H2,1-5H3,(H,22,23)/t15-,16-,17-/m0/s1. The summed E-state index contributed by atoms with van der Waals surface area (Å²) in [6, 6.07) is 10.9. The fourth-order valence-corrected chi connectivity index (χ4v) is 3.94. The van der Waals surface area contributed by atoms with Gasteiger partial charge in [0.05, 0.1) is 6.04 Å². The quantitative estimate of drug-likeness (QED) is 0.915. The van der Waals surface area contributed by atoms with Gasteiger partial charge in [-0.1, -0.05) is 30.3 Å². The maximum absolute atomic E-state index is 11.9. The molecule has 23 heavy (non-hydrogen) atoms. The number of amides is 1. The second kappa shape index (κ2) is 6.91. The minimum Gasteiger partial charge on any atom is -0.465 e. The van der Waals surface area contributed by atoms with Crippen LogP contribution >= 0.6 is 0 Å². The van der Waals surface area contributed by atoms with E-state index in [1.165, 1.54) is 5.56 Å². The van der Waals surface area contributed by atoms with Crippen LogP contribution in [0.2, 0.25) is 0 Å². The molecule has 1 saturated carbocycles.